The summed E-state index contributed by atoms with van der Waals surface area (Å²) in [5.74, 6) is -3.31. The van der Waals surface area contributed by atoms with E-state index >= 15 is 0 Å². The molecule has 0 radical (unpaired) electrons. The quantitative estimate of drug-likeness (QED) is 0.451. The second-order valence-corrected chi connectivity index (χ2v) is 3.62. The van der Waals surface area contributed by atoms with Gasteiger partial charge in [0.2, 0.25) is 0 Å². The third kappa shape index (κ3) is 6.10. The second kappa shape index (κ2) is 7.53. The average molecular weight is 296 g/mol. The molecule has 0 bridgehead atoms. The third-order valence-corrected chi connectivity index (χ3v) is 2.00. The number of esters is 3. The lowest BCUT2D eigenvalue weighted by Gasteiger charge is -2.05. The smallest absolute Gasteiger partial charge is 0.349 e. The van der Waals surface area contributed by atoms with Gasteiger partial charge < -0.3 is 24.4 Å². The van der Waals surface area contributed by atoms with E-state index in [1.54, 1.807) is 0 Å². The number of carbonyl (C=O) groups is 3. The molecule has 0 fully saturated rings. The number of hydrogen-bond donors (Lipinski definition) is 2. The summed E-state index contributed by atoms with van der Waals surface area (Å²) in [7, 11) is 1.14. The van der Waals surface area contributed by atoms with Crippen molar-refractivity contribution in [2.75, 3.05) is 13.7 Å². The molecule has 0 aliphatic rings. The molecular formula is C13H12O8. The number of rotatable bonds is 5. The Kier molecular flexibility index (Phi) is 5.75. The van der Waals surface area contributed by atoms with Gasteiger partial charge in [0.1, 0.15) is 17.2 Å². The van der Waals surface area contributed by atoms with Gasteiger partial charge in [-0.3, -0.25) is 0 Å². The van der Waals surface area contributed by atoms with E-state index in [0.29, 0.717) is 0 Å². The maximum Gasteiger partial charge on any atom is 0.349 e. The fourth-order valence-corrected chi connectivity index (χ4v) is 1.17. The van der Waals surface area contributed by atoms with Crippen molar-refractivity contribution in [3.05, 3.63) is 30.4 Å². The molecule has 0 aromatic heterocycles. The highest BCUT2D eigenvalue weighted by molar-refractivity contribution is 5.92. The number of benzene rings is 1. The lowest BCUT2D eigenvalue weighted by atomic mass is 10.3. The van der Waals surface area contributed by atoms with E-state index in [4.69, 9.17) is 4.74 Å². The Bertz CT molecular complexity index is 555. The minimum Gasteiger partial charge on any atom is -0.508 e. The minimum absolute atomic E-state index is 0.112. The van der Waals surface area contributed by atoms with Crippen LogP contribution in [0.25, 0.3) is 0 Å². The van der Waals surface area contributed by atoms with Gasteiger partial charge in [-0.2, -0.15) is 0 Å². The molecule has 0 saturated carbocycles. The second-order valence-electron chi connectivity index (χ2n) is 3.62. The first-order valence-corrected chi connectivity index (χ1v) is 5.57. The Balaban J connectivity index is 2.45. The molecule has 2 N–H and O–H groups in total. The summed E-state index contributed by atoms with van der Waals surface area (Å²) in [6, 6.07) is 3.24. The lowest BCUT2D eigenvalue weighted by Crippen LogP contribution is -2.18. The number of phenolic OH excluding ortho intramolecular Hbond substituents is 2. The van der Waals surface area contributed by atoms with Crippen molar-refractivity contribution in [3.8, 4) is 17.2 Å². The van der Waals surface area contributed by atoms with Crippen molar-refractivity contribution in [1.29, 1.82) is 0 Å². The van der Waals surface area contributed by atoms with Crippen molar-refractivity contribution in [3.63, 3.8) is 0 Å². The molecule has 0 aliphatic carbocycles. The summed E-state index contributed by atoms with van der Waals surface area (Å²) in [6.07, 6.45) is 1.63. The number of hydrogen-bond acceptors (Lipinski definition) is 8. The first-order chi connectivity index (χ1) is 9.90. The van der Waals surface area contributed by atoms with Crippen LogP contribution in [0.15, 0.2) is 30.4 Å². The zero-order chi connectivity index (χ0) is 15.8. The first-order valence-electron chi connectivity index (χ1n) is 5.57. The summed E-state index contributed by atoms with van der Waals surface area (Å²) < 4.78 is 13.5. The van der Waals surface area contributed by atoms with Gasteiger partial charge in [0.15, 0.2) is 6.61 Å². The molecule has 1 rings (SSSR count). The van der Waals surface area contributed by atoms with E-state index in [2.05, 4.69) is 9.47 Å². The molecule has 0 aliphatic heterocycles. The summed E-state index contributed by atoms with van der Waals surface area (Å²) in [5, 5.41) is 18.4. The van der Waals surface area contributed by atoms with E-state index in [-0.39, 0.29) is 17.2 Å². The molecule has 1 aromatic rings. The number of ether oxygens (including phenoxy) is 3. The molecular weight excluding hydrogens is 284 g/mol. The number of methoxy groups -OCH3 is 1. The number of carbonyl (C=O) groups excluding carboxylic acids is 3. The molecule has 0 unspecified atom stereocenters. The highest BCUT2D eigenvalue weighted by atomic mass is 16.6. The number of phenols is 2. The van der Waals surface area contributed by atoms with Gasteiger partial charge in [-0.25, -0.2) is 14.4 Å². The van der Waals surface area contributed by atoms with Crippen LogP contribution in [0.5, 0.6) is 17.2 Å². The van der Waals surface area contributed by atoms with Gasteiger partial charge >= 0.3 is 17.9 Å². The summed E-state index contributed by atoms with van der Waals surface area (Å²) in [5.41, 5.74) is 0. The molecule has 1 aromatic carbocycles. The zero-order valence-corrected chi connectivity index (χ0v) is 10.9. The van der Waals surface area contributed by atoms with Gasteiger partial charge in [0.25, 0.3) is 0 Å². The predicted octanol–water partition coefficient (Wildman–Crippen LogP) is 0.276. The van der Waals surface area contributed by atoms with Gasteiger partial charge in [-0.15, -0.1) is 0 Å². The fraction of sp³-hybridized carbons (Fsp3) is 0.154. The Labute approximate surface area is 119 Å². The SMILES string of the molecule is COC(=O)C=CC(=O)OCC(=O)Oc1cc(O)cc(O)c1. The third-order valence-electron chi connectivity index (χ3n) is 2.00. The first kappa shape index (κ1) is 16.0. The number of aromatic hydroxyl groups is 2. The van der Waals surface area contributed by atoms with Gasteiger partial charge in [-0.05, 0) is 0 Å². The standard InChI is InChI=1S/C13H12O8/c1-19-11(16)2-3-12(17)20-7-13(18)21-10-5-8(14)4-9(15)6-10/h2-6,14-15H,7H2,1H3. The monoisotopic (exact) mass is 296 g/mol. The highest BCUT2D eigenvalue weighted by Gasteiger charge is 2.10. The van der Waals surface area contributed by atoms with E-state index in [9.17, 15) is 24.6 Å². The molecule has 0 heterocycles. The Morgan fingerprint density at radius 3 is 2.19 bits per heavy atom. The largest absolute Gasteiger partial charge is 0.508 e. The molecule has 0 amide bonds. The molecule has 0 saturated heterocycles. The molecule has 8 nitrogen and oxygen atoms in total. The van der Waals surface area contributed by atoms with Crippen LogP contribution < -0.4 is 4.74 Å². The van der Waals surface area contributed by atoms with Crippen LogP contribution in [-0.4, -0.2) is 41.8 Å². The van der Waals surface area contributed by atoms with Crippen LogP contribution >= 0.6 is 0 Å². The van der Waals surface area contributed by atoms with E-state index in [1.807, 2.05) is 0 Å². The normalized spacial score (nSPS) is 10.1. The van der Waals surface area contributed by atoms with Crippen molar-refractivity contribution >= 4 is 17.9 Å². The predicted molar refractivity (Wildman–Crippen MR) is 67.5 cm³/mol. The summed E-state index contributed by atoms with van der Waals surface area (Å²) in [4.78, 5) is 33.2. The van der Waals surface area contributed by atoms with Crippen molar-refractivity contribution in [1.82, 2.24) is 0 Å². The molecule has 112 valence electrons. The highest BCUT2D eigenvalue weighted by Crippen LogP contribution is 2.25. The molecule has 21 heavy (non-hydrogen) atoms. The zero-order valence-electron chi connectivity index (χ0n) is 10.9. The van der Waals surface area contributed by atoms with E-state index < -0.39 is 24.5 Å². The van der Waals surface area contributed by atoms with E-state index in [0.717, 1.165) is 37.5 Å². The maximum absolute atomic E-state index is 11.4. The topological polar surface area (TPSA) is 119 Å². The van der Waals surface area contributed by atoms with Crippen LogP contribution in [0.2, 0.25) is 0 Å². The Morgan fingerprint density at radius 1 is 1.05 bits per heavy atom. The van der Waals surface area contributed by atoms with Crippen LogP contribution in [-0.2, 0) is 23.9 Å². The lowest BCUT2D eigenvalue weighted by molar-refractivity contribution is -0.150. The van der Waals surface area contributed by atoms with Crippen LogP contribution in [0.4, 0.5) is 0 Å². The molecule has 8 heteroatoms. The van der Waals surface area contributed by atoms with Crippen LogP contribution in [0.1, 0.15) is 0 Å². The Morgan fingerprint density at radius 2 is 1.62 bits per heavy atom. The average Bonchev–Trinajstić information content (AvgIpc) is 2.41. The van der Waals surface area contributed by atoms with Crippen molar-refractivity contribution in [2.45, 2.75) is 0 Å². The van der Waals surface area contributed by atoms with Crippen LogP contribution in [0, 0.1) is 0 Å². The Hall–Kier alpha value is -3.03. The van der Waals surface area contributed by atoms with Crippen molar-refractivity contribution in [2.24, 2.45) is 0 Å². The van der Waals surface area contributed by atoms with E-state index in [1.165, 1.54) is 0 Å². The summed E-state index contributed by atoms with van der Waals surface area (Å²) >= 11 is 0. The molecule has 0 spiro atoms. The van der Waals surface area contributed by atoms with Gasteiger partial charge in [0, 0.05) is 30.4 Å². The van der Waals surface area contributed by atoms with Gasteiger partial charge in [0.05, 0.1) is 7.11 Å². The fourth-order valence-electron chi connectivity index (χ4n) is 1.17. The summed E-state index contributed by atoms with van der Waals surface area (Å²) in [6.45, 7) is -0.708. The van der Waals surface area contributed by atoms with Gasteiger partial charge in [-0.1, -0.05) is 0 Å². The minimum atomic E-state index is -0.934. The van der Waals surface area contributed by atoms with Crippen molar-refractivity contribution < 1.29 is 38.8 Å². The van der Waals surface area contributed by atoms with Crippen LogP contribution in [0.3, 0.4) is 0 Å². The maximum atomic E-state index is 11.4. The molecule has 0 atom stereocenters.